The zero-order valence-electron chi connectivity index (χ0n) is 13.2. The number of rotatable bonds is 7. The van der Waals surface area contributed by atoms with Crippen molar-refractivity contribution < 1.29 is 9.84 Å². The second kappa shape index (κ2) is 6.99. The van der Waals surface area contributed by atoms with Crippen LogP contribution in [0.25, 0.3) is 5.69 Å². The molecule has 0 radical (unpaired) electrons. The predicted molar refractivity (Wildman–Crippen MR) is 85.6 cm³/mol. The minimum Gasteiger partial charge on any atom is -0.390 e. The summed E-state index contributed by atoms with van der Waals surface area (Å²) in [7, 11) is -1.08. The van der Waals surface area contributed by atoms with E-state index in [9.17, 15) is 4.79 Å². The van der Waals surface area contributed by atoms with Crippen molar-refractivity contribution in [3.63, 3.8) is 0 Å². The van der Waals surface area contributed by atoms with E-state index in [0.29, 0.717) is 12.4 Å². The Morgan fingerprint density at radius 1 is 1.36 bits per heavy atom. The molecule has 0 fully saturated rings. The molecule has 8 heteroatoms. The molecule has 7 nitrogen and oxygen atoms in total. The monoisotopic (exact) mass is 322 g/mol. The molecule has 0 spiro atoms. The number of aliphatic hydroxyl groups excluding tert-OH is 1. The van der Waals surface area contributed by atoms with E-state index in [1.54, 1.807) is 23.3 Å². The van der Waals surface area contributed by atoms with Crippen molar-refractivity contribution in [2.24, 2.45) is 0 Å². The van der Waals surface area contributed by atoms with E-state index in [1.165, 1.54) is 10.7 Å². The van der Waals surface area contributed by atoms with Crippen molar-refractivity contribution in [1.82, 2.24) is 19.6 Å². The zero-order chi connectivity index (χ0) is 16.2. The standard InChI is InChI=1S/C14H22N4O3Si/c1-22(2,3)7-6-21-11-17-9-12(8-15-17)18-5-4-14(20)13(10-19)16-18/h4-5,8-9,19H,6-7,10-11H2,1-3H3. The second-order valence-electron chi connectivity index (χ2n) is 6.32. The van der Waals surface area contributed by atoms with E-state index in [4.69, 9.17) is 9.84 Å². The van der Waals surface area contributed by atoms with Gasteiger partial charge in [-0.15, -0.1) is 0 Å². The molecule has 2 aromatic rings. The van der Waals surface area contributed by atoms with Crippen LogP contribution >= 0.6 is 0 Å². The molecule has 0 bridgehead atoms. The number of ether oxygens (including phenoxy) is 1. The Hall–Kier alpha value is -1.77. The highest BCUT2D eigenvalue weighted by atomic mass is 28.3. The Labute approximate surface area is 130 Å². The van der Waals surface area contributed by atoms with E-state index in [-0.39, 0.29) is 17.7 Å². The van der Waals surface area contributed by atoms with Crippen molar-refractivity contribution >= 4 is 8.07 Å². The van der Waals surface area contributed by atoms with Gasteiger partial charge in [0.2, 0.25) is 5.43 Å². The molecule has 0 aliphatic heterocycles. The van der Waals surface area contributed by atoms with Gasteiger partial charge in [-0.05, 0) is 6.04 Å². The number of hydrogen-bond donors (Lipinski definition) is 1. The molecule has 120 valence electrons. The third kappa shape index (κ3) is 4.62. The minimum absolute atomic E-state index is 0.113. The third-order valence-electron chi connectivity index (χ3n) is 3.13. The second-order valence-corrected chi connectivity index (χ2v) is 11.9. The molecule has 0 saturated carbocycles. The lowest BCUT2D eigenvalue weighted by atomic mass is 10.4. The van der Waals surface area contributed by atoms with Gasteiger partial charge in [-0.1, -0.05) is 19.6 Å². The van der Waals surface area contributed by atoms with E-state index >= 15 is 0 Å². The van der Waals surface area contributed by atoms with Crippen LogP contribution in [-0.4, -0.2) is 39.3 Å². The summed E-state index contributed by atoms with van der Waals surface area (Å²) < 4.78 is 8.82. The van der Waals surface area contributed by atoms with Crippen molar-refractivity contribution in [3.05, 3.63) is 40.6 Å². The first kappa shape index (κ1) is 16.6. The largest absolute Gasteiger partial charge is 0.390 e. The van der Waals surface area contributed by atoms with Gasteiger partial charge in [0, 0.05) is 26.9 Å². The van der Waals surface area contributed by atoms with Gasteiger partial charge in [-0.3, -0.25) is 4.79 Å². The van der Waals surface area contributed by atoms with Gasteiger partial charge in [-0.2, -0.15) is 10.2 Å². The van der Waals surface area contributed by atoms with E-state index < -0.39 is 8.07 Å². The zero-order valence-corrected chi connectivity index (χ0v) is 14.2. The molecule has 0 amide bonds. The summed E-state index contributed by atoms with van der Waals surface area (Å²) in [6, 6.07) is 2.49. The Morgan fingerprint density at radius 3 is 2.82 bits per heavy atom. The Balaban J connectivity index is 1.98. The number of aliphatic hydroxyl groups is 1. The third-order valence-corrected chi connectivity index (χ3v) is 4.84. The SMILES string of the molecule is C[Si](C)(C)CCOCn1cc(-n2ccc(=O)c(CO)n2)cn1. The molecule has 22 heavy (non-hydrogen) atoms. The number of aromatic nitrogens is 4. The average Bonchev–Trinajstić information content (AvgIpc) is 2.92. The molecule has 0 saturated heterocycles. The Kier molecular flexibility index (Phi) is 5.27. The van der Waals surface area contributed by atoms with Crippen molar-refractivity contribution in [1.29, 1.82) is 0 Å². The summed E-state index contributed by atoms with van der Waals surface area (Å²) in [5.41, 5.74) is 0.547. The van der Waals surface area contributed by atoms with Gasteiger partial charge < -0.3 is 9.84 Å². The highest BCUT2D eigenvalue weighted by molar-refractivity contribution is 6.76. The molecule has 0 aliphatic carbocycles. The van der Waals surface area contributed by atoms with Crippen molar-refractivity contribution in [2.75, 3.05) is 6.61 Å². The van der Waals surface area contributed by atoms with Gasteiger partial charge in [0.05, 0.1) is 19.0 Å². The lowest BCUT2D eigenvalue weighted by Crippen LogP contribution is -2.22. The normalized spacial score (nSPS) is 11.8. The maximum Gasteiger partial charge on any atom is 0.205 e. The fourth-order valence-electron chi connectivity index (χ4n) is 1.78. The summed E-state index contributed by atoms with van der Waals surface area (Å²) in [5.74, 6) is 0. The van der Waals surface area contributed by atoms with Crippen molar-refractivity contribution in [2.45, 2.75) is 39.0 Å². The van der Waals surface area contributed by atoms with Crippen LogP contribution in [0.15, 0.2) is 29.5 Å². The van der Waals surface area contributed by atoms with Crippen LogP contribution in [0.2, 0.25) is 25.7 Å². The first-order chi connectivity index (χ1) is 10.4. The fraction of sp³-hybridized carbons (Fsp3) is 0.500. The summed E-state index contributed by atoms with van der Waals surface area (Å²) in [6.07, 6.45) is 4.97. The van der Waals surface area contributed by atoms with Crippen LogP contribution < -0.4 is 5.43 Å². The first-order valence-electron chi connectivity index (χ1n) is 7.19. The molecule has 1 N–H and O–H groups in total. The molecule has 2 heterocycles. The summed E-state index contributed by atoms with van der Waals surface area (Å²) >= 11 is 0. The Bertz CT molecular complexity index is 675. The molecule has 2 aromatic heterocycles. The number of hydrogen-bond acceptors (Lipinski definition) is 5. The van der Waals surface area contributed by atoms with Crippen LogP contribution in [0.1, 0.15) is 5.69 Å². The maximum absolute atomic E-state index is 11.4. The molecular weight excluding hydrogens is 300 g/mol. The summed E-state index contributed by atoms with van der Waals surface area (Å²) in [5, 5.41) is 17.4. The highest BCUT2D eigenvalue weighted by Crippen LogP contribution is 2.08. The van der Waals surface area contributed by atoms with Crippen LogP contribution in [0.3, 0.4) is 0 Å². The number of nitrogens with zero attached hydrogens (tertiary/aromatic N) is 4. The molecule has 0 aliphatic rings. The van der Waals surface area contributed by atoms with Crippen LogP contribution in [0.5, 0.6) is 0 Å². The van der Waals surface area contributed by atoms with Crippen LogP contribution in [0, 0.1) is 0 Å². The molecule has 0 unspecified atom stereocenters. The first-order valence-corrected chi connectivity index (χ1v) is 10.9. The molecule has 0 aromatic carbocycles. The molecular formula is C14H22N4O3Si. The van der Waals surface area contributed by atoms with E-state index in [0.717, 1.165) is 12.7 Å². The quantitative estimate of drug-likeness (QED) is 0.612. The smallest absolute Gasteiger partial charge is 0.205 e. The summed E-state index contributed by atoms with van der Waals surface area (Å²) in [4.78, 5) is 11.4. The molecule has 0 atom stereocenters. The fourth-order valence-corrected chi connectivity index (χ4v) is 2.54. The average molecular weight is 322 g/mol. The van der Waals surface area contributed by atoms with Gasteiger partial charge in [0.25, 0.3) is 0 Å². The Morgan fingerprint density at radius 2 is 2.14 bits per heavy atom. The van der Waals surface area contributed by atoms with Crippen LogP contribution in [0.4, 0.5) is 0 Å². The predicted octanol–water partition coefficient (Wildman–Crippen LogP) is 1.23. The summed E-state index contributed by atoms with van der Waals surface area (Å²) in [6.45, 7) is 7.66. The molecule has 2 rings (SSSR count). The lowest BCUT2D eigenvalue weighted by Gasteiger charge is -2.15. The maximum atomic E-state index is 11.4. The van der Waals surface area contributed by atoms with Gasteiger partial charge in [0.15, 0.2) is 0 Å². The van der Waals surface area contributed by atoms with Crippen molar-refractivity contribution in [3.8, 4) is 5.69 Å². The van der Waals surface area contributed by atoms with Gasteiger partial charge >= 0.3 is 0 Å². The van der Waals surface area contributed by atoms with Crippen LogP contribution in [-0.2, 0) is 18.1 Å². The van der Waals surface area contributed by atoms with E-state index in [1.807, 2.05) is 0 Å². The lowest BCUT2D eigenvalue weighted by molar-refractivity contribution is 0.0786. The minimum atomic E-state index is -1.08. The highest BCUT2D eigenvalue weighted by Gasteiger charge is 2.12. The topological polar surface area (TPSA) is 82.2 Å². The van der Waals surface area contributed by atoms with Gasteiger partial charge in [0.1, 0.15) is 18.1 Å². The van der Waals surface area contributed by atoms with Gasteiger partial charge in [-0.25, -0.2) is 9.36 Å². The van der Waals surface area contributed by atoms with E-state index in [2.05, 4.69) is 29.8 Å².